The number of likely N-dealkylation sites (tertiary alicyclic amines) is 1. The van der Waals surface area contributed by atoms with Crippen LogP contribution in [0.5, 0.6) is 11.5 Å². The number of ether oxygens (including phenoxy) is 2. The fourth-order valence-corrected chi connectivity index (χ4v) is 6.50. The van der Waals surface area contributed by atoms with E-state index >= 15 is 0 Å². The molecule has 7 heteroatoms. The fourth-order valence-electron chi connectivity index (χ4n) is 6.50. The second kappa shape index (κ2) is 12.7. The van der Waals surface area contributed by atoms with Crippen molar-refractivity contribution in [1.82, 2.24) is 10.2 Å². The molecule has 2 fully saturated rings. The number of rotatable bonds is 12. The van der Waals surface area contributed by atoms with Crippen LogP contribution in [0, 0.1) is 12.8 Å². The third kappa shape index (κ3) is 5.97. The van der Waals surface area contributed by atoms with Crippen LogP contribution in [0.4, 0.5) is 0 Å². The Balaban J connectivity index is 1.66. The molecule has 1 aliphatic heterocycles. The van der Waals surface area contributed by atoms with E-state index in [0.29, 0.717) is 38.2 Å². The number of carbonyl (C=O) groups excluding carboxylic acids is 1. The van der Waals surface area contributed by atoms with Crippen LogP contribution in [0.2, 0.25) is 0 Å². The van der Waals surface area contributed by atoms with Gasteiger partial charge in [-0.15, -0.1) is 0 Å². The molecule has 7 nitrogen and oxygen atoms in total. The highest BCUT2D eigenvalue weighted by Crippen LogP contribution is 2.46. The lowest BCUT2D eigenvalue weighted by molar-refractivity contribution is -0.125. The zero-order valence-electron chi connectivity index (χ0n) is 23.1. The molecule has 5 atom stereocenters. The molecular weight excluding hydrogens is 480 g/mol. The molecule has 208 valence electrons. The Morgan fingerprint density at radius 3 is 2.55 bits per heavy atom. The van der Waals surface area contributed by atoms with Crippen LogP contribution in [-0.4, -0.2) is 72.9 Å². The second-order valence-electron chi connectivity index (χ2n) is 11.1. The first-order valence-corrected chi connectivity index (χ1v) is 14.0. The van der Waals surface area contributed by atoms with E-state index in [0.717, 1.165) is 55.4 Å². The quantitative estimate of drug-likeness (QED) is 0.283. The number of aldehydes is 1. The van der Waals surface area contributed by atoms with Crippen molar-refractivity contribution >= 4 is 6.29 Å². The van der Waals surface area contributed by atoms with E-state index in [-0.39, 0.29) is 12.0 Å². The van der Waals surface area contributed by atoms with Crippen molar-refractivity contribution in [3.63, 3.8) is 0 Å². The highest BCUT2D eigenvalue weighted by atomic mass is 16.5. The van der Waals surface area contributed by atoms with Gasteiger partial charge in [-0.1, -0.05) is 36.4 Å². The Labute approximate surface area is 227 Å². The molecule has 0 aromatic heterocycles. The third-order valence-electron chi connectivity index (χ3n) is 8.74. The molecule has 1 saturated carbocycles. The summed E-state index contributed by atoms with van der Waals surface area (Å²) < 4.78 is 11.7. The summed E-state index contributed by atoms with van der Waals surface area (Å²) in [7, 11) is 3.53. The van der Waals surface area contributed by atoms with Gasteiger partial charge in [-0.25, -0.2) is 0 Å². The van der Waals surface area contributed by atoms with Crippen molar-refractivity contribution in [3.05, 3.63) is 59.7 Å². The molecule has 1 heterocycles. The molecule has 2 aromatic rings. The number of para-hydroxylation sites is 2. The lowest BCUT2D eigenvalue weighted by atomic mass is 9.73. The molecule has 3 N–H and O–H groups in total. The number of aliphatic hydroxyl groups is 2. The van der Waals surface area contributed by atoms with Gasteiger partial charge in [-0.05, 0) is 76.7 Å². The normalized spacial score (nSPS) is 27.7. The Morgan fingerprint density at radius 1 is 1.13 bits per heavy atom. The van der Waals surface area contributed by atoms with Crippen molar-refractivity contribution in [1.29, 1.82) is 0 Å². The minimum absolute atomic E-state index is 0.0944. The molecule has 0 spiro atoms. The zero-order valence-corrected chi connectivity index (χ0v) is 23.1. The van der Waals surface area contributed by atoms with Gasteiger partial charge < -0.3 is 29.8 Å². The lowest BCUT2D eigenvalue weighted by Gasteiger charge is -2.47. The largest absolute Gasteiger partial charge is 0.457 e. The van der Waals surface area contributed by atoms with Crippen molar-refractivity contribution in [2.75, 3.05) is 33.9 Å². The van der Waals surface area contributed by atoms with Crippen LogP contribution in [0.15, 0.2) is 48.5 Å². The van der Waals surface area contributed by atoms with E-state index < -0.39 is 17.2 Å². The first kappa shape index (κ1) is 28.7. The molecule has 0 amide bonds. The molecule has 2 aliphatic rings. The summed E-state index contributed by atoms with van der Waals surface area (Å²) in [4.78, 5) is 14.7. The van der Waals surface area contributed by atoms with Gasteiger partial charge >= 0.3 is 0 Å². The zero-order chi connectivity index (χ0) is 27.2. The van der Waals surface area contributed by atoms with E-state index in [1.807, 2.05) is 62.5 Å². The predicted octanol–water partition coefficient (Wildman–Crippen LogP) is 4.18. The topological polar surface area (TPSA) is 91.3 Å². The number of nitrogens with one attached hydrogen (secondary N) is 1. The maximum Gasteiger partial charge on any atom is 0.140 e. The van der Waals surface area contributed by atoms with E-state index in [1.54, 1.807) is 7.11 Å². The van der Waals surface area contributed by atoms with Gasteiger partial charge in [0.25, 0.3) is 0 Å². The van der Waals surface area contributed by atoms with Gasteiger partial charge in [0, 0.05) is 44.2 Å². The number of likely N-dealkylation sites (N-methyl/N-ethyl adjacent to an activating group) is 1. The summed E-state index contributed by atoms with van der Waals surface area (Å²) in [6.45, 7) is 4.02. The summed E-state index contributed by atoms with van der Waals surface area (Å²) >= 11 is 0. The summed E-state index contributed by atoms with van der Waals surface area (Å²) in [5.74, 6) is 1.33. The van der Waals surface area contributed by atoms with Crippen LogP contribution in [0.3, 0.4) is 0 Å². The minimum Gasteiger partial charge on any atom is -0.457 e. The SMILES string of the molecule is CN[C@@H]1C[C@](C=O)(N2CCC[C@@H]([C@@](O)(CCCCOC)c3ccccc3Oc3ccccc3C)C2)C[C@@H]1O. The number of piperidine rings is 1. The minimum atomic E-state index is -1.14. The number of hydrogen-bond donors (Lipinski definition) is 3. The standard InChI is InChI=1S/C31H44N2O5/c1-23-11-4-6-14-28(23)38-29-15-7-5-13-25(29)31(36,16-8-9-18-37-3)24-12-10-17-33(21-24)30(22-34)19-26(32-2)27(35)20-30/h4-7,11,13-15,22,24,26-27,32,35-36H,8-10,12,16-21H2,1-3H3/t24-,26-,27+,30+,31+/m1/s1. The van der Waals surface area contributed by atoms with Crippen LogP contribution >= 0.6 is 0 Å². The van der Waals surface area contributed by atoms with Crippen molar-refractivity contribution < 1.29 is 24.5 Å². The molecule has 0 bridgehead atoms. The number of nitrogens with zero attached hydrogens (tertiary/aromatic N) is 1. The van der Waals surface area contributed by atoms with E-state index in [9.17, 15) is 15.0 Å². The van der Waals surface area contributed by atoms with Crippen molar-refractivity contribution in [3.8, 4) is 11.5 Å². The molecule has 38 heavy (non-hydrogen) atoms. The Morgan fingerprint density at radius 2 is 1.87 bits per heavy atom. The molecule has 4 rings (SSSR count). The summed E-state index contributed by atoms with van der Waals surface area (Å²) in [5, 5.41) is 26.4. The van der Waals surface area contributed by atoms with Crippen LogP contribution < -0.4 is 10.1 Å². The van der Waals surface area contributed by atoms with Gasteiger partial charge in [0.15, 0.2) is 0 Å². The van der Waals surface area contributed by atoms with Gasteiger partial charge in [-0.2, -0.15) is 0 Å². The summed E-state index contributed by atoms with van der Waals surface area (Å²) in [6, 6.07) is 15.6. The predicted molar refractivity (Wildman–Crippen MR) is 148 cm³/mol. The van der Waals surface area contributed by atoms with E-state index in [2.05, 4.69) is 10.2 Å². The highest BCUT2D eigenvalue weighted by Gasteiger charge is 2.51. The first-order chi connectivity index (χ1) is 18.4. The molecular formula is C31H44N2O5. The number of methoxy groups -OCH3 is 1. The van der Waals surface area contributed by atoms with Crippen molar-refractivity contribution in [2.24, 2.45) is 5.92 Å². The molecule has 1 aliphatic carbocycles. The summed E-state index contributed by atoms with van der Waals surface area (Å²) in [5.41, 5.74) is -0.0521. The molecule has 0 radical (unpaired) electrons. The number of benzene rings is 2. The number of aryl methyl sites for hydroxylation is 1. The average molecular weight is 525 g/mol. The Kier molecular flexibility index (Phi) is 9.60. The Hall–Kier alpha value is -2.29. The molecule has 1 saturated heterocycles. The van der Waals surface area contributed by atoms with Crippen LogP contribution in [0.25, 0.3) is 0 Å². The first-order valence-electron chi connectivity index (χ1n) is 14.0. The number of aliphatic hydroxyl groups excluding tert-OH is 1. The smallest absolute Gasteiger partial charge is 0.140 e. The highest BCUT2D eigenvalue weighted by molar-refractivity contribution is 5.65. The van der Waals surface area contributed by atoms with Gasteiger partial charge in [-0.3, -0.25) is 4.90 Å². The van der Waals surface area contributed by atoms with Gasteiger partial charge in [0.05, 0.1) is 17.2 Å². The van der Waals surface area contributed by atoms with E-state index in [1.165, 1.54) is 0 Å². The van der Waals surface area contributed by atoms with Crippen molar-refractivity contribution in [2.45, 2.75) is 75.2 Å². The number of carbonyl (C=O) groups is 1. The summed E-state index contributed by atoms with van der Waals surface area (Å²) in [6.07, 6.45) is 5.39. The van der Waals surface area contributed by atoms with Crippen LogP contribution in [0.1, 0.15) is 56.1 Å². The average Bonchev–Trinajstić information content (AvgIpc) is 3.29. The van der Waals surface area contributed by atoms with E-state index in [4.69, 9.17) is 9.47 Å². The monoisotopic (exact) mass is 524 g/mol. The number of hydrogen-bond acceptors (Lipinski definition) is 7. The van der Waals surface area contributed by atoms with Crippen LogP contribution in [-0.2, 0) is 15.1 Å². The maximum absolute atomic E-state index is 12.6. The second-order valence-corrected chi connectivity index (χ2v) is 11.1. The Bertz CT molecular complexity index is 1060. The fraction of sp³-hybridized carbons (Fsp3) is 0.581. The van der Waals surface area contributed by atoms with Gasteiger partial charge in [0.1, 0.15) is 17.8 Å². The maximum atomic E-state index is 12.6. The lowest BCUT2D eigenvalue weighted by Crippen LogP contribution is -2.56. The third-order valence-corrected chi connectivity index (χ3v) is 8.74. The molecule has 2 aromatic carbocycles. The molecule has 0 unspecified atom stereocenters. The van der Waals surface area contributed by atoms with Gasteiger partial charge in [0.2, 0.25) is 0 Å². The number of unbranched alkanes of at least 4 members (excludes halogenated alkanes) is 1.